The molecule has 19 nitrogen and oxygen atoms in total. The van der Waals surface area contributed by atoms with Gasteiger partial charge < -0.3 is 40.7 Å². The second-order valence-electron chi connectivity index (χ2n) is 10.4. The van der Waals surface area contributed by atoms with Crippen molar-refractivity contribution in [2.45, 2.75) is 56.1 Å². The summed E-state index contributed by atoms with van der Waals surface area (Å²) >= 11 is 0. The maximum absolute atomic E-state index is 12.5. The van der Waals surface area contributed by atoms with E-state index in [0.29, 0.717) is 5.56 Å². The van der Waals surface area contributed by atoms with Crippen LogP contribution in [0.2, 0.25) is 0 Å². The smallest absolute Gasteiger partial charge is 0.390 e. The predicted molar refractivity (Wildman–Crippen MR) is 144 cm³/mol. The monoisotopic (exact) mass is 661 g/mol. The van der Waals surface area contributed by atoms with Crippen molar-refractivity contribution in [1.29, 1.82) is 0 Å². The molecule has 10 unspecified atom stereocenters. The fraction of sp³-hybridized carbons (Fsp3) is 0.522. The number of hydrogen-bond acceptors (Lipinski definition) is 15. The molecule has 1 aliphatic heterocycles. The number of Topliss-reactive ketones (excluding diaryl/α,β-unsaturated/α-hetero) is 1. The second-order valence-corrected chi connectivity index (χ2v) is 13.4. The maximum Gasteiger partial charge on any atom is 0.481 e. The van der Waals surface area contributed by atoms with E-state index in [1.54, 1.807) is 18.3 Å². The van der Waals surface area contributed by atoms with E-state index in [2.05, 4.69) is 19.3 Å². The summed E-state index contributed by atoms with van der Waals surface area (Å²) < 4.78 is 47.2. The highest BCUT2D eigenvalue weighted by Gasteiger charge is 2.49. The summed E-state index contributed by atoms with van der Waals surface area (Å²) in [5.41, 5.74) is 6.52. The molecule has 3 aromatic heterocycles. The van der Waals surface area contributed by atoms with Gasteiger partial charge >= 0.3 is 15.6 Å². The summed E-state index contributed by atoms with van der Waals surface area (Å²) in [6.45, 7) is -0.143. The molecule has 0 amide bonds. The van der Waals surface area contributed by atoms with E-state index >= 15 is 0 Å². The lowest BCUT2D eigenvalue weighted by molar-refractivity contribution is -0.728. The minimum Gasteiger partial charge on any atom is -0.390 e. The fourth-order valence-electron chi connectivity index (χ4n) is 5.16. The number of imidazole rings is 1. The number of aliphatic hydroxyl groups is 4. The summed E-state index contributed by atoms with van der Waals surface area (Å²) in [6, 6.07) is 2.47. The van der Waals surface area contributed by atoms with E-state index in [1.165, 1.54) is 28.6 Å². The van der Waals surface area contributed by atoms with E-state index in [1.807, 2.05) is 0 Å². The van der Waals surface area contributed by atoms with Crippen LogP contribution in [0.3, 0.4) is 0 Å². The minimum absolute atomic E-state index is 0.0624. The number of carbonyl (C=O) groups is 1. The molecule has 0 spiro atoms. The zero-order valence-corrected chi connectivity index (χ0v) is 24.7. The Bertz CT molecular complexity index is 1630. The highest BCUT2D eigenvalue weighted by atomic mass is 31.3. The number of ketones is 1. The normalized spacial score (nSPS) is 31.6. The zero-order valence-electron chi connectivity index (χ0n) is 23.0. The number of carbonyl (C=O) groups excluding carboxylic acids is 1. The van der Waals surface area contributed by atoms with E-state index < -0.39 is 77.6 Å². The van der Waals surface area contributed by atoms with Crippen LogP contribution in [0.15, 0.2) is 37.2 Å². The molecule has 21 heteroatoms. The summed E-state index contributed by atoms with van der Waals surface area (Å²) in [5.74, 6) is -1.04. The SMILES string of the molecule is CC(=O)c1ccc[n+](C2CC(COP(=O)(O)OP(=O)(O)OCC3OC(n4cnc5c(N)ncnc54)C(O)C3O)C(O)C2O)c1. The standard InChI is InChI=1S/C23H30N6O13P2/c1-11(30)12-3-2-4-28(6-12)14-5-13(17(31)18(14)32)7-39-43(35,36)42-44(37,38)40-8-15-19(33)20(34)23(41-15)29-10-27-16-21(24)25-9-26-22(16)29/h2-4,6,9-10,13-15,17-20,23,31-34H,5,7-8H2,1H3,(H3-,24,25,26,35,36,37,38)/p+1. The van der Waals surface area contributed by atoms with Gasteiger partial charge in [-0.3, -0.25) is 18.4 Å². The summed E-state index contributed by atoms with van der Waals surface area (Å²) in [4.78, 5) is 43.7. The number of nitrogen functional groups attached to an aromatic ring is 1. The molecule has 4 heterocycles. The lowest BCUT2D eigenvalue weighted by Crippen LogP contribution is -2.45. The Morgan fingerprint density at radius 3 is 2.48 bits per heavy atom. The maximum atomic E-state index is 12.5. The van der Waals surface area contributed by atoms with Crippen LogP contribution in [0.4, 0.5) is 5.82 Å². The van der Waals surface area contributed by atoms with Crippen LogP contribution in [-0.4, -0.2) is 99.2 Å². The number of fused-ring (bicyclic) bond motifs is 1. The van der Waals surface area contributed by atoms with Gasteiger partial charge in [0.2, 0.25) is 0 Å². The number of pyridine rings is 1. The van der Waals surface area contributed by atoms with Gasteiger partial charge in [-0.1, -0.05) is 0 Å². The van der Waals surface area contributed by atoms with Crippen molar-refractivity contribution < 1.29 is 66.8 Å². The van der Waals surface area contributed by atoms with Gasteiger partial charge in [0.25, 0.3) is 0 Å². The molecule has 10 atom stereocenters. The first-order valence-electron chi connectivity index (χ1n) is 13.2. The Hall–Kier alpha value is -2.77. The molecule has 240 valence electrons. The van der Waals surface area contributed by atoms with Crippen molar-refractivity contribution in [3.8, 4) is 0 Å². The lowest BCUT2D eigenvalue weighted by atomic mass is 10.1. The molecule has 0 radical (unpaired) electrons. The average Bonchev–Trinajstić information content (AvgIpc) is 3.61. The van der Waals surface area contributed by atoms with Crippen molar-refractivity contribution >= 4 is 38.4 Å². The lowest BCUT2D eigenvalue weighted by Gasteiger charge is -2.20. The van der Waals surface area contributed by atoms with E-state index in [9.17, 15) is 44.1 Å². The number of ether oxygens (including phenoxy) is 1. The molecular weight excluding hydrogens is 630 g/mol. The molecule has 8 N–H and O–H groups in total. The van der Waals surface area contributed by atoms with Crippen LogP contribution >= 0.6 is 15.6 Å². The number of anilines is 1. The Morgan fingerprint density at radius 1 is 1.07 bits per heavy atom. The van der Waals surface area contributed by atoms with Crippen molar-refractivity contribution in [3.63, 3.8) is 0 Å². The molecule has 0 bridgehead atoms. The first-order valence-corrected chi connectivity index (χ1v) is 16.1. The van der Waals surface area contributed by atoms with Gasteiger partial charge in [-0.15, -0.1) is 0 Å². The van der Waals surface area contributed by atoms with Gasteiger partial charge in [0.15, 0.2) is 41.9 Å². The molecule has 0 aromatic carbocycles. The average molecular weight is 661 g/mol. The first-order chi connectivity index (χ1) is 20.7. The summed E-state index contributed by atoms with van der Waals surface area (Å²) in [6.07, 6.45) is -3.03. The molecule has 2 aliphatic rings. The number of aromatic nitrogens is 5. The number of nitrogens with zero attached hydrogens (tertiary/aromatic N) is 5. The highest BCUT2D eigenvalue weighted by Crippen LogP contribution is 2.61. The number of aliphatic hydroxyl groups excluding tert-OH is 4. The third kappa shape index (κ3) is 6.74. The molecule has 5 rings (SSSR count). The number of phosphoric acid groups is 2. The molecular formula is C23H31N6O13P2+. The van der Waals surface area contributed by atoms with Crippen LogP contribution in [-0.2, 0) is 27.2 Å². The second kappa shape index (κ2) is 12.6. The first kappa shape index (κ1) is 32.6. The van der Waals surface area contributed by atoms with Crippen molar-refractivity contribution in [2.24, 2.45) is 5.92 Å². The minimum atomic E-state index is -5.32. The van der Waals surface area contributed by atoms with Gasteiger partial charge in [-0.25, -0.2) is 24.1 Å². The van der Waals surface area contributed by atoms with Crippen molar-refractivity contribution in [3.05, 3.63) is 42.7 Å². The van der Waals surface area contributed by atoms with Crippen LogP contribution in [0.25, 0.3) is 11.2 Å². The van der Waals surface area contributed by atoms with E-state index in [0.717, 1.165) is 6.33 Å². The van der Waals surface area contributed by atoms with Gasteiger partial charge in [0.1, 0.15) is 36.3 Å². The van der Waals surface area contributed by atoms with Crippen LogP contribution in [0.5, 0.6) is 0 Å². The number of nitrogens with two attached hydrogens (primary N) is 1. The molecule has 1 saturated heterocycles. The predicted octanol–water partition coefficient (Wildman–Crippen LogP) is -1.25. The van der Waals surface area contributed by atoms with Crippen LogP contribution in [0.1, 0.15) is 36.0 Å². The fourth-order valence-corrected chi connectivity index (χ4v) is 7.29. The molecule has 2 fully saturated rings. The van der Waals surface area contributed by atoms with Gasteiger partial charge in [-0.05, 0) is 13.0 Å². The third-order valence-corrected chi connectivity index (χ3v) is 10.0. The Kier molecular flexibility index (Phi) is 9.31. The number of hydrogen-bond donors (Lipinski definition) is 7. The Labute approximate surface area is 248 Å². The Morgan fingerprint density at radius 2 is 1.77 bits per heavy atom. The molecule has 1 saturated carbocycles. The van der Waals surface area contributed by atoms with Gasteiger partial charge in [-0.2, -0.15) is 8.88 Å². The molecule has 44 heavy (non-hydrogen) atoms. The molecule has 1 aliphatic carbocycles. The molecule has 3 aromatic rings. The van der Waals surface area contributed by atoms with E-state index in [-0.39, 0.29) is 29.2 Å². The van der Waals surface area contributed by atoms with Gasteiger partial charge in [0, 0.05) is 18.4 Å². The Balaban J connectivity index is 1.16. The topological polar surface area (TPSA) is 283 Å². The number of rotatable bonds is 11. The van der Waals surface area contributed by atoms with Crippen LogP contribution < -0.4 is 10.3 Å². The van der Waals surface area contributed by atoms with E-state index in [4.69, 9.17) is 19.5 Å². The van der Waals surface area contributed by atoms with Gasteiger partial charge in [0.05, 0.1) is 31.2 Å². The van der Waals surface area contributed by atoms with Crippen molar-refractivity contribution in [2.75, 3.05) is 18.9 Å². The third-order valence-electron chi connectivity index (χ3n) is 7.44. The van der Waals surface area contributed by atoms with Crippen LogP contribution in [0, 0.1) is 5.92 Å². The van der Waals surface area contributed by atoms with Crippen molar-refractivity contribution in [1.82, 2.24) is 19.5 Å². The highest BCUT2D eigenvalue weighted by molar-refractivity contribution is 7.61. The zero-order chi connectivity index (χ0) is 32.0. The number of phosphoric ester groups is 2. The quantitative estimate of drug-likeness (QED) is 0.0718. The summed E-state index contributed by atoms with van der Waals surface area (Å²) in [5, 5.41) is 42.0. The summed E-state index contributed by atoms with van der Waals surface area (Å²) in [7, 11) is -10.6. The largest absolute Gasteiger partial charge is 0.481 e.